The molecule has 0 bridgehead atoms. The van der Waals surface area contributed by atoms with E-state index in [2.05, 4.69) is 23.5 Å². The Morgan fingerprint density at radius 1 is 1.33 bits per heavy atom. The monoisotopic (exact) mass is 263 g/mol. The summed E-state index contributed by atoms with van der Waals surface area (Å²) in [4.78, 5) is 1.32. The van der Waals surface area contributed by atoms with Crippen molar-refractivity contribution >= 4 is 21.4 Å². The van der Waals surface area contributed by atoms with Gasteiger partial charge in [0, 0.05) is 16.1 Å². The Hall–Kier alpha value is -1.10. The lowest BCUT2D eigenvalue weighted by atomic mass is 10.2. The summed E-state index contributed by atoms with van der Waals surface area (Å²) in [5, 5.41) is 4.60. The predicted molar refractivity (Wildman–Crippen MR) is 74.6 cm³/mol. The molecule has 1 atom stereocenters. The molecular weight excluding hydrogens is 246 g/mol. The number of benzene rings is 1. The van der Waals surface area contributed by atoms with Crippen LogP contribution in [0.3, 0.4) is 0 Å². The third-order valence-electron chi connectivity index (χ3n) is 3.24. The molecule has 2 aromatic rings. The van der Waals surface area contributed by atoms with E-state index >= 15 is 0 Å². The maximum Gasteiger partial charge on any atom is 0.119 e. The van der Waals surface area contributed by atoms with Gasteiger partial charge in [0.25, 0.3) is 0 Å². The van der Waals surface area contributed by atoms with Crippen molar-refractivity contribution in [2.75, 3.05) is 26.8 Å². The first-order chi connectivity index (χ1) is 8.86. The van der Waals surface area contributed by atoms with E-state index in [9.17, 15) is 0 Å². The van der Waals surface area contributed by atoms with E-state index in [0.717, 1.165) is 31.9 Å². The van der Waals surface area contributed by atoms with E-state index in [1.807, 2.05) is 17.4 Å². The molecule has 1 saturated heterocycles. The Bertz CT molecular complexity index is 530. The molecule has 1 aromatic carbocycles. The van der Waals surface area contributed by atoms with Crippen LogP contribution in [0.2, 0.25) is 0 Å². The average Bonchev–Trinajstić information content (AvgIpc) is 2.63. The number of ether oxygens (including phenoxy) is 2. The van der Waals surface area contributed by atoms with Gasteiger partial charge in [0.15, 0.2) is 0 Å². The van der Waals surface area contributed by atoms with Gasteiger partial charge in [-0.05, 0) is 42.6 Å². The van der Waals surface area contributed by atoms with Crippen LogP contribution < -0.4 is 10.1 Å². The van der Waals surface area contributed by atoms with Crippen LogP contribution in [0.15, 0.2) is 24.3 Å². The van der Waals surface area contributed by atoms with Gasteiger partial charge < -0.3 is 14.8 Å². The van der Waals surface area contributed by atoms with Gasteiger partial charge in [-0.2, -0.15) is 0 Å². The fourth-order valence-corrected chi connectivity index (χ4v) is 3.40. The Balaban J connectivity index is 1.91. The number of thiophene rings is 1. The molecule has 3 rings (SSSR count). The number of hydrogen-bond acceptors (Lipinski definition) is 4. The Morgan fingerprint density at radius 2 is 2.28 bits per heavy atom. The van der Waals surface area contributed by atoms with Crippen molar-refractivity contribution in [2.45, 2.75) is 12.5 Å². The van der Waals surface area contributed by atoms with E-state index in [1.165, 1.54) is 15.0 Å². The molecule has 18 heavy (non-hydrogen) atoms. The second-order valence-corrected chi connectivity index (χ2v) is 5.57. The van der Waals surface area contributed by atoms with Crippen LogP contribution in [0.1, 0.15) is 17.4 Å². The van der Waals surface area contributed by atoms with Gasteiger partial charge in [-0.15, -0.1) is 11.3 Å². The van der Waals surface area contributed by atoms with Crippen molar-refractivity contribution < 1.29 is 9.47 Å². The van der Waals surface area contributed by atoms with E-state index in [-0.39, 0.29) is 6.10 Å². The van der Waals surface area contributed by atoms with Crippen LogP contribution in [0.25, 0.3) is 10.1 Å². The molecular formula is C14H17NO2S. The molecule has 1 fully saturated rings. The van der Waals surface area contributed by atoms with Crippen LogP contribution in [-0.4, -0.2) is 26.8 Å². The Morgan fingerprint density at radius 3 is 3.17 bits per heavy atom. The summed E-state index contributed by atoms with van der Waals surface area (Å²) in [6.07, 6.45) is 1.28. The van der Waals surface area contributed by atoms with E-state index in [0.29, 0.717) is 0 Å². The number of nitrogens with one attached hydrogen (secondary N) is 1. The molecule has 0 aliphatic carbocycles. The van der Waals surface area contributed by atoms with Crippen molar-refractivity contribution in [3.63, 3.8) is 0 Å². The molecule has 0 radical (unpaired) electrons. The van der Waals surface area contributed by atoms with Gasteiger partial charge in [-0.1, -0.05) is 0 Å². The van der Waals surface area contributed by atoms with Gasteiger partial charge >= 0.3 is 0 Å². The molecule has 0 amide bonds. The molecule has 1 unspecified atom stereocenters. The molecule has 1 N–H and O–H groups in total. The lowest BCUT2D eigenvalue weighted by molar-refractivity contribution is 0.0670. The van der Waals surface area contributed by atoms with Gasteiger partial charge in [-0.3, -0.25) is 0 Å². The molecule has 0 saturated carbocycles. The number of fused-ring (bicyclic) bond motifs is 1. The summed E-state index contributed by atoms with van der Waals surface area (Å²) in [5.74, 6) is 0.912. The maximum atomic E-state index is 5.89. The van der Waals surface area contributed by atoms with Crippen LogP contribution in [0, 0.1) is 0 Å². The van der Waals surface area contributed by atoms with Gasteiger partial charge in [0.05, 0.1) is 19.8 Å². The summed E-state index contributed by atoms with van der Waals surface area (Å²) in [5.41, 5.74) is 0. The summed E-state index contributed by atoms with van der Waals surface area (Å²) in [6.45, 7) is 2.78. The molecule has 0 spiro atoms. The van der Waals surface area contributed by atoms with Gasteiger partial charge in [0.1, 0.15) is 5.75 Å². The summed E-state index contributed by atoms with van der Waals surface area (Å²) < 4.78 is 12.4. The number of methoxy groups -OCH3 is 1. The largest absolute Gasteiger partial charge is 0.497 e. The Labute approximate surface area is 111 Å². The van der Waals surface area contributed by atoms with Crippen molar-refractivity contribution in [3.8, 4) is 5.75 Å². The highest BCUT2D eigenvalue weighted by Crippen LogP contribution is 2.35. The smallest absolute Gasteiger partial charge is 0.119 e. The Kier molecular flexibility index (Phi) is 3.50. The topological polar surface area (TPSA) is 30.5 Å². The first kappa shape index (κ1) is 12.0. The minimum absolute atomic E-state index is 0.239. The molecule has 1 aliphatic heterocycles. The standard InChI is InChI=1S/C14H17NO2S/c1-16-11-2-3-13-10(8-11)9-14(18-13)12-4-5-15-6-7-17-12/h2-3,8-9,12,15H,4-7H2,1H3. The second kappa shape index (κ2) is 5.26. The third-order valence-corrected chi connectivity index (χ3v) is 4.45. The predicted octanol–water partition coefficient (Wildman–Crippen LogP) is 2.96. The van der Waals surface area contributed by atoms with Crippen LogP contribution in [-0.2, 0) is 4.74 Å². The zero-order valence-corrected chi connectivity index (χ0v) is 11.3. The maximum absolute atomic E-state index is 5.89. The van der Waals surface area contributed by atoms with E-state index in [4.69, 9.17) is 9.47 Å². The first-order valence-corrected chi connectivity index (χ1v) is 7.08. The molecule has 1 aliphatic rings. The molecule has 2 heterocycles. The molecule has 4 heteroatoms. The summed E-state index contributed by atoms with van der Waals surface area (Å²) in [6, 6.07) is 8.46. The lowest BCUT2D eigenvalue weighted by Gasteiger charge is -2.11. The van der Waals surface area contributed by atoms with Crippen LogP contribution >= 0.6 is 11.3 Å². The molecule has 96 valence electrons. The number of rotatable bonds is 2. The summed E-state index contributed by atoms with van der Waals surface area (Å²) in [7, 11) is 1.70. The van der Waals surface area contributed by atoms with E-state index < -0.39 is 0 Å². The second-order valence-electron chi connectivity index (χ2n) is 4.45. The quantitative estimate of drug-likeness (QED) is 0.903. The molecule has 1 aromatic heterocycles. The fourth-order valence-electron chi connectivity index (χ4n) is 2.27. The summed E-state index contributed by atoms with van der Waals surface area (Å²) >= 11 is 1.82. The number of hydrogen-bond donors (Lipinski definition) is 1. The first-order valence-electron chi connectivity index (χ1n) is 6.26. The van der Waals surface area contributed by atoms with Gasteiger partial charge in [0.2, 0.25) is 0 Å². The zero-order chi connectivity index (χ0) is 12.4. The highest BCUT2D eigenvalue weighted by molar-refractivity contribution is 7.19. The molecule has 3 nitrogen and oxygen atoms in total. The highest BCUT2D eigenvalue weighted by atomic mass is 32.1. The normalized spacial score (nSPS) is 20.8. The minimum atomic E-state index is 0.239. The SMILES string of the molecule is COc1ccc2sc(C3CCNCCO3)cc2c1. The van der Waals surface area contributed by atoms with Gasteiger partial charge in [-0.25, -0.2) is 0 Å². The van der Waals surface area contributed by atoms with Crippen LogP contribution in [0.4, 0.5) is 0 Å². The van der Waals surface area contributed by atoms with Crippen molar-refractivity contribution in [1.82, 2.24) is 5.32 Å². The van der Waals surface area contributed by atoms with Crippen molar-refractivity contribution in [3.05, 3.63) is 29.1 Å². The fraction of sp³-hybridized carbons (Fsp3) is 0.429. The van der Waals surface area contributed by atoms with Crippen LogP contribution in [0.5, 0.6) is 5.75 Å². The highest BCUT2D eigenvalue weighted by Gasteiger charge is 2.17. The minimum Gasteiger partial charge on any atom is -0.497 e. The van der Waals surface area contributed by atoms with Crippen molar-refractivity contribution in [2.24, 2.45) is 0 Å². The van der Waals surface area contributed by atoms with Crippen molar-refractivity contribution in [1.29, 1.82) is 0 Å². The lowest BCUT2D eigenvalue weighted by Crippen LogP contribution is -2.16. The third kappa shape index (κ3) is 2.36. The van der Waals surface area contributed by atoms with E-state index in [1.54, 1.807) is 7.11 Å². The zero-order valence-electron chi connectivity index (χ0n) is 10.4. The average molecular weight is 263 g/mol.